The van der Waals surface area contributed by atoms with E-state index in [0.717, 1.165) is 22.4 Å². The van der Waals surface area contributed by atoms with Crippen LogP contribution in [0.2, 0.25) is 0 Å². The van der Waals surface area contributed by atoms with Crippen LogP contribution in [-0.2, 0) is 4.79 Å². The average molecular weight is 267 g/mol. The summed E-state index contributed by atoms with van der Waals surface area (Å²) in [4.78, 5) is 16.2. The number of nitrogens with zero attached hydrogens (tertiary/aromatic N) is 1. The van der Waals surface area contributed by atoms with Crippen LogP contribution in [0.5, 0.6) is 0 Å². The molecule has 0 saturated carbocycles. The van der Waals surface area contributed by atoms with Crippen molar-refractivity contribution in [3.05, 3.63) is 59.4 Å². The molecule has 2 atom stereocenters. The molecule has 4 heteroatoms. The summed E-state index contributed by atoms with van der Waals surface area (Å²) in [6.45, 7) is 4.07. The zero-order valence-electron chi connectivity index (χ0n) is 11.6. The van der Waals surface area contributed by atoms with Gasteiger partial charge >= 0.3 is 0 Å². The van der Waals surface area contributed by atoms with E-state index in [0.29, 0.717) is 0 Å². The number of anilines is 1. The molecular weight excluding hydrogens is 250 g/mol. The molecule has 0 fully saturated rings. The van der Waals surface area contributed by atoms with E-state index in [1.165, 1.54) is 0 Å². The van der Waals surface area contributed by atoms with Gasteiger partial charge in [-0.05, 0) is 31.5 Å². The first kappa shape index (κ1) is 12.8. The second kappa shape index (κ2) is 5.06. The highest BCUT2D eigenvalue weighted by Gasteiger charge is 2.31. The molecule has 1 amide bonds. The van der Waals surface area contributed by atoms with Gasteiger partial charge in [-0.25, -0.2) is 0 Å². The minimum atomic E-state index is -0.305. The van der Waals surface area contributed by atoms with Crippen molar-refractivity contribution in [3.63, 3.8) is 0 Å². The third-order valence-corrected chi connectivity index (χ3v) is 3.64. The maximum atomic E-state index is 12.1. The Bertz CT molecular complexity index is 639. The highest BCUT2D eigenvalue weighted by atomic mass is 16.2. The quantitative estimate of drug-likeness (QED) is 0.899. The van der Waals surface area contributed by atoms with E-state index in [2.05, 4.69) is 21.7 Å². The van der Waals surface area contributed by atoms with Gasteiger partial charge in [-0.3, -0.25) is 15.1 Å². The first-order valence-corrected chi connectivity index (χ1v) is 6.72. The van der Waals surface area contributed by atoms with Crippen LogP contribution < -0.4 is 10.6 Å². The molecule has 3 rings (SSSR count). The van der Waals surface area contributed by atoms with Gasteiger partial charge in [0.1, 0.15) is 6.04 Å². The Balaban J connectivity index is 1.85. The largest absolute Gasteiger partial charge is 0.324 e. The fourth-order valence-electron chi connectivity index (χ4n) is 2.52. The van der Waals surface area contributed by atoms with Gasteiger partial charge in [0.05, 0.1) is 0 Å². The number of carbonyl (C=O) groups excluding carboxylic acids is 1. The highest BCUT2D eigenvalue weighted by molar-refractivity contribution is 6.02. The third-order valence-electron chi connectivity index (χ3n) is 3.64. The lowest BCUT2D eigenvalue weighted by Gasteiger charge is -2.18. The fraction of sp³-hybridized carbons (Fsp3) is 0.250. The van der Waals surface area contributed by atoms with Crippen LogP contribution in [0, 0.1) is 6.92 Å². The molecule has 0 saturated heterocycles. The predicted molar refractivity (Wildman–Crippen MR) is 78.3 cm³/mol. The molecule has 1 aromatic heterocycles. The third kappa shape index (κ3) is 2.30. The Morgan fingerprint density at radius 2 is 2.20 bits per heavy atom. The Kier molecular flexibility index (Phi) is 3.24. The van der Waals surface area contributed by atoms with Crippen LogP contribution in [0.3, 0.4) is 0 Å². The average Bonchev–Trinajstić information content (AvgIpc) is 2.76. The topological polar surface area (TPSA) is 54.0 Å². The smallest absolute Gasteiger partial charge is 0.246 e. The van der Waals surface area contributed by atoms with E-state index in [1.807, 2.05) is 44.3 Å². The molecule has 2 heterocycles. The van der Waals surface area contributed by atoms with Crippen molar-refractivity contribution in [3.8, 4) is 0 Å². The van der Waals surface area contributed by atoms with Crippen LogP contribution in [0.1, 0.15) is 35.7 Å². The first-order chi connectivity index (χ1) is 9.65. The van der Waals surface area contributed by atoms with Crippen molar-refractivity contribution in [2.45, 2.75) is 25.9 Å². The van der Waals surface area contributed by atoms with Gasteiger partial charge < -0.3 is 5.32 Å². The zero-order valence-corrected chi connectivity index (χ0v) is 11.6. The summed E-state index contributed by atoms with van der Waals surface area (Å²) >= 11 is 0. The first-order valence-electron chi connectivity index (χ1n) is 6.72. The molecule has 1 aliphatic heterocycles. The van der Waals surface area contributed by atoms with Crippen molar-refractivity contribution in [2.24, 2.45) is 0 Å². The molecule has 4 nitrogen and oxygen atoms in total. The number of fused-ring (bicyclic) bond motifs is 1. The molecule has 2 N–H and O–H groups in total. The van der Waals surface area contributed by atoms with Crippen LogP contribution in [0.25, 0.3) is 0 Å². The van der Waals surface area contributed by atoms with Crippen molar-refractivity contribution < 1.29 is 4.79 Å². The van der Waals surface area contributed by atoms with Crippen molar-refractivity contribution in [2.75, 3.05) is 5.32 Å². The lowest BCUT2D eigenvalue weighted by Crippen LogP contribution is -2.29. The van der Waals surface area contributed by atoms with Crippen LogP contribution >= 0.6 is 0 Å². The van der Waals surface area contributed by atoms with E-state index in [1.54, 1.807) is 6.20 Å². The van der Waals surface area contributed by atoms with Crippen LogP contribution in [0.4, 0.5) is 5.69 Å². The van der Waals surface area contributed by atoms with E-state index in [-0.39, 0.29) is 18.0 Å². The molecule has 0 spiro atoms. The maximum absolute atomic E-state index is 12.1. The number of amides is 1. The number of aryl methyl sites for hydroxylation is 1. The van der Waals surface area contributed by atoms with E-state index in [4.69, 9.17) is 0 Å². The molecule has 102 valence electrons. The van der Waals surface area contributed by atoms with Crippen LogP contribution in [0.15, 0.2) is 42.7 Å². The summed E-state index contributed by atoms with van der Waals surface area (Å²) in [6.07, 6.45) is 3.57. The molecule has 2 unspecified atom stereocenters. The number of benzene rings is 1. The Morgan fingerprint density at radius 1 is 1.35 bits per heavy atom. The summed E-state index contributed by atoms with van der Waals surface area (Å²) in [7, 11) is 0. The number of hydrogen-bond donors (Lipinski definition) is 2. The van der Waals surface area contributed by atoms with Crippen LogP contribution in [-0.4, -0.2) is 10.9 Å². The van der Waals surface area contributed by atoms with Gasteiger partial charge in [0.15, 0.2) is 0 Å². The van der Waals surface area contributed by atoms with Gasteiger partial charge in [0.2, 0.25) is 5.91 Å². The maximum Gasteiger partial charge on any atom is 0.246 e. The van der Waals surface area contributed by atoms with Gasteiger partial charge in [-0.15, -0.1) is 0 Å². The van der Waals surface area contributed by atoms with Gasteiger partial charge in [-0.2, -0.15) is 0 Å². The molecule has 0 aliphatic carbocycles. The monoisotopic (exact) mass is 267 g/mol. The van der Waals surface area contributed by atoms with E-state index >= 15 is 0 Å². The number of hydrogen-bond acceptors (Lipinski definition) is 3. The van der Waals surface area contributed by atoms with E-state index in [9.17, 15) is 4.79 Å². The molecule has 2 aromatic rings. The van der Waals surface area contributed by atoms with Crippen molar-refractivity contribution >= 4 is 11.6 Å². The molecule has 1 aliphatic rings. The highest BCUT2D eigenvalue weighted by Crippen LogP contribution is 2.33. The predicted octanol–water partition coefficient (Wildman–Crippen LogP) is 2.73. The Labute approximate surface area is 118 Å². The lowest BCUT2D eigenvalue weighted by atomic mass is 10.0. The number of nitrogens with one attached hydrogen (secondary N) is 2. The van der Waals surface area contributed by atoms with Gasteiger partial charge in [0.25, 0.3) is 0 Å². The number of rotatable bonds is 3. The molecule has 0 radical (unpaired) electrons. The lowest BCUT2D eigenvalue weighted by molar-refractivity contribution is -0.117. The Morgan fingerprint density at radius 3 is 2.95 bits per heavy atom. The number of carbonyl (C=O) groups is 1. The SMILES string of the molecule is Cc1ccc2c(c1)C(NC(C)c1cccnc1)C(=O)N2. The summed E-state index contributed by atoms with van der Waals surface area (Å²) in [5.41, 5.74) is 4.14. The molecule has 1 aromatic carbocycles. The minimum absolute atomic E-state index is 0.00124. The second-order valence-corrected chi connectivity index (χ2v) is 5.19. The zero-order chi connectivity index (χ0) is 14.1. The number of pyridine rings is 1. The molecule has 20 heavy (non-hydrogen) atoms. The summed E-state index contributed by atoms with van der Waals surface area (Å²) < 4.78 is 0. The standard InChI is InChI=1S/C16H17N3O/c1-10-5-6-14-13(8-10)15(16(20)19-14)18-11(2)12-4-3-7-17-9-12/h3-9,11,15,18H,1-2H3,(H,19,20). The van der Waals surface area contributed by atoms with Crippen molar-refractivity contribution in [1.82, 2.24) is 10.3 Å². The number of aromatic nitrogens is 1. The summed E-state index contributed by atoms with van der Waals surface area (Å²) in [6, 6.07) is 9.69. The second-order valence-electron chi connectivity index (χ2n) is 5.19. The van der Waals surface area contributed by atoms with Crippen molar-refractivity contribution in [1.29, 1.82) is 0 Å². The minimum Gasteiger partial charge on any atom is -0.324 e. The van der Waals surface area contributed by atoms with E-state index < -0.39 is 0 Å². The summed E-state index contributed by atoms with van der Waals surface area (Å²) in [5, 5.41) is 6.29. The summed E-state index contributed by atoms with van der Waals surface area (Å²) in [5.74, 6) is 0.00124. The fourth-order valence-corrected chi connectivity index (χ4v) is 2.52. The van der Waals surface area contributed by atoms with Gasteiger partial charge in [-0.1, -0.05) is 23.8 Å². The Hall–Kier alpha value is -2.20. The molecular formula is C16H17N3O. The molecule has 0 bridgehead atoms. The van der Waals surface area contributed by atoms with Gasteiger partial charge in [0, 0.05) is 29.7 Å². The normalized spacial score (nSPS) is 18.5.